The number of hydrogen-bond acceptors (Lipinski definition) is 3. The van der Waals surface area contributed by atoms with Gasteiger partial charge in [0.25, 0.3) is 5.91 Å². The molecule has 24 heavy (non-hydrogen) atoms. The second-order valence-electron chi connectivity index (χ2n) is 5.65. The third-order valence-electron chi connectivity index (χ3n) is 3.79. The van der Waals surface area contributed by atoms with E-state index in [4.69, 9.17) is 0 Å². The SMILES string of the molecule is Cc1cccc(NC(=O)c2cncc(N(C)c3ccccc3)c2)c1. The van der Waals surface area contributed by atoms with Crippen molar-refractivity contribution in [2.24, 2.45) is 0 Å². The van der Waals surface area contributed by atoms with E-state index in [-0.39, 0.29) is 5.91 Å². The summed E-state index contributed by atoms with van der Waals surface area (Å²) < 4.78 is 0. The number of nitrogens with zero attached hydrogens (tertiary/aromatic N) is 2. The standard InChI is InChI=1S/C20H19N3O/c1-15-7-6-8-17(11-15)22-20(24)16-12-19(14-21-13-16)23(2)18-9-4-3-5-10-18/h3-14H,1-2H3,(H,22,24). The number of amides is 1. The number of carbonyl (C=O) groups is 1. The van der Waals surface area contributed by atoms with Crippen LogP contribution in [0.2, 0.25) is 0 Å². The molecule has 0 bridgehead atoms. The maximum Gasteiger partial charge on any atom is 0.257 e. The molecule has 120 valence electrons. The first kappa shape index (κ1) is 15.7. The summed E-state index contributed by atoms with van der Waals surface area (Å²) in [4.78, 5) is 18.7. The summed E-state index contributed by atoms with van der Waals surface area (Å²) in [6.45, 7) is 1.99. The number of aromatic nitrogens is 1. The molecule has 0 saturated carbocycles. The lowest BCUT2D eigenvalue weighted by Gasteiger charge is -2.19. The first-order valence-electron chi connectivity index (χ1n) is 7.75. The van der Waals surface area contributed by atoms with Gasteiger partial charge in [-0.05, 0) is 42.8 Å². The molecule has 4 heteroatoms. The predicted octanol–water partition coefficient (Wildman–Crippen LogP) is 4.41. The Labute approximate surface area is 141 Å². The minimum Gasteiger partial charge on any atom is -0.343 e. The van der Waals surface area contributed by atoms with Crippen LogP contribution < -0.4 is 10.2 Å². The molecule has 0 atom stereocenters. The van der Waals surface area contributed by atoms with Gasteiger partial charge < -0.3 is 10.2 Å². The van der Waals surface area contributed by atoms with Crippen molar-refractivity contribution in [3.05, 3.63) is 84.2 Å². The molecule has 0 fully saturated rings. The summed E-state index contributed by atoms with van der Waals surface area (Å²) in [5, 5.41) is 2.91. The molecule has 0 radical (unpaired) electrons. The molecule has 1 heterocycles. The lowest BCUT2D eigenvalue weighted by Crippen LogP contribution is -2.15. The van der Waals surface area contributed by atoms with Crippen LogP contribution in [-0.2, 0) is 0 Å². The van der Waals surface area contributed by atoms with Gasteiger partial charge in [0.05, 0.1) is 17.4 Å². The molecule has 2 aromatic carbocycles. The topological polar surface area (TPSA) is 45.2 Å². The van der Waals surface area contributed by atoms with Gasteiger partial charge in [0.1, 0.15) is 0 Å². The first-order valence-corrected chi connectivity index (χ1v) is 7.75. The Hall–Kier alpha value is -3.14. The number of nitrogens with one attached hydrogen (secondary N) is 1. The van der Waals surface area contributed by atoms with E-state index >= 15 is 0 Å². The van der Waals surface area contributed by atoms with E-state index in [0.29, 0.717) is 5.56 Å². The Kier molecular flexibility index (Phi) is 4.57. The van der Waals surface area contributed by atoms with Crippen molar-refractivity contribution in [2.45, 2.75) is 6.92 Å². The number of para-hydroxylation sites is 1. The summed E-state index contributed by atoms with van der Waals surface area (Å²) in [5.74, 6) is -0.170. The molecule has 0 saturated heterocycles. The van der Waals surface area contributed by atoms with Crippen molar-refractivity contribution in [3.8, 4) is 0 Å². The molecular weight excluding hydrogens is 298 g/mol. The van der Waals surface area contributed by atoms with Gasteiger partial charge in [-0.25, -0.2) is 0 Å². The number of hydrogen-bond donors (Lipinski definition) is 1. The van der Waals surface area contributed by atoms with E-state index in [2.05, 4.69) is 10.3 Å². The summed E-state index contributed by atoms with van der Waals surface area (Å²) in [6, 6.07) is 19.5. The maximum absolute atomic E-state index is 12.5. The van der Waals surface area contributed by atoms with Gasteiger partial charge in [-0.1, -0.05) is 30.3 Å². The second-order valence-corrected chi connectivity index (χ2v) is 5.65. The van der Waals surface area contributed by atoms with Gasteiger partial charge in [0.2, 0.25) is 0 Å². The fourth-order valence-electron chi connectivity index (χ4n) is 2.46. The average molecular weight is 317 g/mol. The smallest absolute Gasteiger partial charge is 0.257 e. The van der Waals surface area contributed by atoms with Crippen molar-refractivity contribution in [1.29, 1.82) is 0 Å². The molecule has 1 aromatic heterocycles. The van der Waals surface area contributed by atoms with Crippen LogP contribution in [0.15, 0.2) is 73.1 Å². The van der Waals surface area contributed by atoms with Crippen LogP contribution in [0, 0.1) is 6.92 Å². The highest BCUT2D eigenvalue weighted by Crippen LogP contribution is 2.23. The Bertz CT molecular complexity index is 846. The van der Waals surface area contributed by atoms with Crippen LogP contribution in [0.1, 0.15) is 15.9 Å². The van der Waals surface area contributed by atoms with Crippen molar-refractivity contribution in [1.82, 2.24) is 4.98 Å². The fraction of sp³-hybridized carbons (Fsp3) is 0.100. The molecular formula is C20H19N3O. The van der Waals surface area contributed by atoms with Gasteiger partial charge in [-0.15, -0.1) is 0 Å². The highest BCUT2D eigenvalue weighted by atomic mass is 16.1. The quantitative estimate of drug-likeness (QED) is 0.775. The van der Waals surface area contributed by atoms with E-state index in [0.717, 1.165) is 22.6 Å². The average Bonchev–Trinajstić information content (AvgIpc) is 2.62. The number of rotatable bonds is 4. The van der Waals surface area contributed by atoms with Crippen molar-refractivity contribution in [3.63, 3.8) is 0 Å². The molecule has 4 nitrogen and oxygen atoms in total. The van der Waals surface area contributed by atoms with E-state index in [1.54, 1.807) is 12.4 Å². The summed E-state index contributed by atoms with van der Waals surface area (Å²) in [7, 11) is 1.95. The Morgan fingerprint density at radius 3 is 2.50 bits per heavy atom. The Morgan fingerprint density at radius 1 is 0.958 bits per heavy atom. The zero-order valence-corrected chi connectivity index (χ0v) is 13.7. The highest BCUT2D eigenvalue weighted by molar-refractivity contribution is 6.04. The van der Waals surface area contributed by atoms with Crippen LogP contribution in [0.25, 0.3) is 0 Å². The van der Waals surface area contributed by atoms with Gasteiger partial charge in [0.15, 0.2) is 0 Å². The van der Waals surface area contributed by atoms with Crippen LogP contribution in [0.3, 0.4) is 0 Å². The van der Waals surface area contributed by atoms with E-state index in [1.807, 2.05) is 79.5 Å². The highest BCUT2D eigenvalue weighted by Gasteiger charge is 2.10. The molecule has 3 rings (SSSR count). The van der Waals surface area contributed by atoms with Gasteiger partial charge >= 0.3 is 0 Å². The van der Waals surface area contributed by atoms with Crippen molar-refractivity contribution >= 4 is 23.0 Å². The number of pyridine rings is 1. The molecule has 0 unspecified atom stereocenters. The molecule has 0 aliphatic carbocycles. The fourth-order valence-corrected chi connectivity index (χ4v) is 2.46. The number of benzene rings is 2. The van der Waals surface area contributed by atoms with Gasteiger partial charge in [0, 0.05) is 24.6 Å². The van der Waals surface area contributed by atoms with Gasteiger partial charge in [-0.3, -0.25) is 9.78 Å². The van der Waals surface area contributed by atoms with Crippen LogP contribution in [-0.4, -0.2) is 17.9 Å². The molecule has 1 N–H and O–H groups in total. The minimum atomic E-state index is -0.170. The lowest BCUT2D eigenvalue weighted by atomic mass is 10.2. The Balaban J connectivity index is 1.81. The summed E-state index contributed by atoms with van der Waals surface area (Å²) >= 11 is 0. The lowest BCUT2D eigenvalue weighted by molar-refractivity contribution is 0.102. The molecule has 0 spiro atoms. The van der Waals surface area contributed by atoms with E-state index in [1.165, 1.54) is 0 Å². The van der Waals surface area contributed by atoms with Crippen LogP contribution in [0.4, 0.5) is 17.1 Å². The van der Waals surface area contributed by atoms with Crippen molar-refractivity contribution in [2.75, 3.05) is 17.3 Å². The van der Waals surface area contributed by atoms with Crippen molar-refractivity contribution < 1.29 is 4.79 Å². The Morgan fingerprint density at radius 2 is 1.75 bits per heavy atom. The third kappa shape index (κ3) is 3.60. The number of carbonyl (C=O) groups excluding carboxylic acids is 1. The van der Waals surface area contributed by atoms with Gasteiger partial charge in [-0.2, -0.15) is 0 Å². The zero-order valence-electron chi connectivity index (χ0n) is 13.7. The molecule has 0 aliphatic heterocycles. The zero-order chi connectivity index (χ0) is 16.9. The van der Waals surface area contributed by atoms with Crippen LogP contribution in [0.5, 0.6) is 0 Å². The monoisotopic (exact) mass is 317 g/mol. The third-order valence-corrected chi connectivity index (χ3v) is 3.79. The maximum atomic E-state index is 12.5. The number of aryl methyl sites for hydroxylation is 1. The van der Waals surface area contributed by atoms with E-state index in [9.17, 15) is 4.79 Å². The molecule has 3 aromatic rings. The minimum absolute atomic E-state index is 0.170. The van der Waals surface area contributed by atoms with E-state index < -0.39 is 0 Å². The normalized spacial score (nSPS) is 10.2. The number of anilines is 3. The largest absolute Gasteiger partial charge is 0.343 e. The summed E-state index contributed by atoms with van der Waals surface area (Å²) in [6.07, 6.45) is 3.32. The second kappa shape index (κ2) is 6.96. The molecule has 0 aliphatic rings. The van der Waals surface area contributed by atoms with Crippen LogP contribution >= 0.6 is 0 Å². The first-order chi connectivity index (χ1) is 11.6. The molecule has 1 amide bonds. The summed E-state index contributed by atoms with van der Waals surface area (Å²) in [5.41, 5.74) is 4.30. The predicted molar refractivity (Wildman–Crippen MR) is 97.9 cm³/mol.